The van der Waals surface area contributed by atoms with Crippen molar-refractivity contribution in [2.75, 3.05) is 0 Å². The minimum absolute atomic E-state index is 0.110. The summed E-state index contributed by atoms with van der Waals surface area (Å²) in [7, 11) is 1.85. The van der Waals surface area contributed by atoms with Crippen molar-refractivity contribution in [3.63, 3.8) is 0 Å². The maximum absolute atomic E-state index is 4.35. The van der Waals surface area contributed by atoms with Crippen LogP contribution in [-0.4, -0.2) is 20.0 Å². The van der Waals surface area contributed by atoms with Crippen LogP contribution in [0.4, 0.5) is 0 Å². The van der Waals surface area contributed by atoms with Gasteiger partial charge in [-0.2, -0.15) is 0 Å². The molecular weight excluding hydrogens is 176 g/mol. The minimum atomic E-state index is 0.110. The Morgan fingerprint density at radius 2 is 2.00 bits per heavy atom. The van der Waals surface area contributed by atoms with Gasteiger partial charge in [0.15, 0.2) is 5.65 Å². The van der Waals surface area contributed by atoms with Crippen molar-refractivity contribution in [1.82, 2.24) is 20.0 Å². The molecular formula is C10H14N4. The van der Waals surface area contributed by atoms with E-state index in [1.165, 1.54) is 5.56 Å². The summed E-state index contributed by atoms with van der Waals surface area (Å²) in [6.07, 6.45) is 1.89. The fourth-order valence-electron chi connectivity index (χ4n) is 1.34. The molecule has 0 spiro atoms. The molecule has 4 nitrogen and oxygen atoms in total. The third-order valence-corrected chi connectivity index (χ3v) is 2.31. The minimum Gasteiger partial charge on any atom is -0.235 e. The second kappa shape index (κ2) is 2.77. The molecule has 74 valence electrons. The number of aromatic nitrogens is 4. The van der Waals surface area contributed by atoms with Gasteiger partial charge in [-0.05, 0) is 17.0 Å². The number of hydrogen-bond acceptors (Lipinski definition) is 3. The Kier molecular flexibility index (Phi) is 1.80. The van der Waals surface area contributed by atoms with Gasteiger partial charge in [-0.15, -0.1) is 5.10 Å². The van der Waals surface area contributed by atoms with Crippen LogP contribution in [-0.2, 0) is 12.5 Å². The summed E-state index contributed by atoms with van der Waals surface area (Å²) in [5, 5.41) is 7.97. The van der Waals surface area contributed by atoms with E-state index in [4.69, 9.17) is 0 Å². The first-order valence-corrected chi connectivity index (χ1v) is 4.64. The zero-order chi connectivity index (χ0) is 10.3. The molecule has 0 bridgehead atoms. The molecule has 0 fully saturated rings. The highest BCUT2D eigenvalue weighted by Crippen LogP contribution is 2.23. The van der Waals surface area contributed by atoms with Crippen LogP contribution in [0.5, 0.6) is 0 Å². The molecule has 0 aliphatic heterocycles. The van der Waals surface area contributed by atoms with E-state index in [9.17, 15) is 0 Å². The number of nitrogens with zero attached hydrogens (tertiary/aromatic N) is 4. The average Bonchev–Trinajstić information content (AvgIpc) is 2.46. The number of aryl methyl sites for hydroxylation is 1. The predicted octanol–water partition coefficient (Wildman–Crippen LogP) is 1.66. The second-order valence-electron chi connectivity index (χ2n) is 4.53. The Bertz CT molecular complexity index is 464. The summed E-state index contributed by atoms with van der Waals surface area (Å²) in [5.41, 5.74) is 2.99. The maximum atomic E-state index is 4.35. The number of rotatable bonds is 0. The molecule has 14 heavy (non-hydrogen) atoms. The average molecular weight is 190 g/mol. The van der Waals surface area contributed by atoms with Crippen molar-refractivity contribution in [2.45, 2.75) is 26.2 Å². The molecule has 0 N–H and O–H groups in total. The zero-order valence-corrected chi connectivity index (χ0v) is 8.94. The Labute approximate surface area is 83.0 Å². The summed E-state index contributed by atoms with van der Waals surface area (Å²) in [5.74, 6) is 0. The van der Waals surface area contributed by atoms with Crippen LogP contribution < -0.4 is 0 Å². The molecule has 0 aliphatic rings. The van der Waals surface area contributed by atoms with Crippen LogP contribution in [0.1, 0.15) is 26.3 Å². The van der Waals surface area contributed by atoms with Crippen LogP contribution in [0, 0.1) is 0 Å². The van der Waals surface area contributed by atoms with Gasteiger partial charge in [0, 0.05) is 13.2 Å². The van der Waals surface area contributed by atoms with E-state index in [0.717, 1.165) is 11.2 Å². The molecule has 0 aromatic carbocycles. The molecule has 2 heterocycles. The van der Waals surface area contributed by atoms with Crippen molar-refractivity contribution in [1.29, 1.82) is 0 Å². The van der Waals surface area contributed by atoms with Crippen LogP contribution in [0.15, 0.2) is 12.3 Å². The fraction of sp³-hybridized carbons (Fsp3) is 0.500. The van der Waals surface area contributed by atoms with Gasteiger partial charge in [0.2, 0.25) is 0 Å². The second-order valence-corrected chi connectivity index (χ2v) is 4.53. The molecule has 0 saturated carbocycles. The van der Waals surface area contributed by atoms with Gasteiger partial charge >= 0.3 is 0 Å². The van der Waals surface area contributed by atoms with Gasteiger partial charge in [-0.25, -0.2) is 9.67 Å². The van der Waals surface area contributed by atoms with Gasteiger partial charge in [-0.1, -0.05) is 26.0 Å². The van der Waals surface area contributed by atoms with Gasteiger partial charge in [-0.3, -0.25) is 0 Å². The first-order chi connectivity index (χ1) is 6.48. The number of fused-ring (bicyclic) bond motifs is 1. The SMILES string of the molecule is Cn1nnc2cc(C(C)(C)C)cnc21. The molecule has 2 rings (SSSR count). The normalized spacial score (nSPS) is 12.3. The lowest BCUT2D eigenvalue weighted by atomic mass is 9.88. The number of hydrogen-bond donors (Lipinski definition) is 0. The molecule has 0 aliphatic carbocycles. The third kappa shape index (κ3) is 1.36. The van der Waals surface area contributed by atoms with E-state index in [0.29, 0.717) is 0 Å². The van der Waals surface area contributed by atoms with Crippen LogP contribution in [0.2, 0.25) is 0 Å². The van der Waals surface area contributed by atoms with Gasteiger partial charge < -0.3 is 0 Å². The van der Waals surface area contributed by atoms with E-state index in [1.807, 2.05) is 13.2 Å². The van der Waals surface area contributed by atoms with Crippen molar-refractivity contribution >= 4 is 11.2 Å². The summed E-state index contributed by atoms with van der Waals surface area (Å²) in [4.78, 5) is 4.35. The predicted molar refractivity (Wildman–Crippen MR) is 55.0 cm³/mol. The molecule has 0 radical (unpaired) electrons. The van der Waals surface area contributed by atoms with E-state index < -0.39 is 0 Å². The Hall–Kier alpha value is -1.45. The molecule has 0 atom stereocenters. The van der Waals surface area contributed by atoms with E-state index >= 15 is 0 Å². The largest absolute Gasteiger partial charge is 0.235 e. The van der Waals surface area contributed by atoms with Crippen molar-refractivity contribution in [3.05, 3.63) is 17.8 Å². The van der Waals surface area contributed by atoms with Crippen LogP contribution in [0.25, 0.3) is 11.2 Å². The molecule has 0 amide bonds. The lowest BCUT2D eigenvalue weighted by Gasteiger charge is -2.17. The lowest BCUT2D eigenvalue weighted by Crippen LogP contribution is -2.11. The Morgan fingerprint density at radius 1 is 1.29 bits per heavy atom. The Morgan fingerprint density at radius 3 is 2.64 bits per heavy atom. The van der Waals surface area contributed by atoms with Crippen molar-refractivity contribution < 1.29 is 0 Å². The van der Waals surface area contributed by atoms with E-state index in [-0.39, 0.29) is 5.41 Å². The highest BCUT2D eigenvalue weighted by molar-refractivity contribution is 5.70. The molecule has 0 unspecified atom stereocenters. The van der Waals surface area contributed by atoms with E-state index in [2.05, 4.69) is 42.1 Å². The van der Waals surface area contributed by atoms with Crippen LogP contribution in [0.3, 0.4) is 0 Å². The fourth-order valence-corrected chi connectivity index (χ4v) is 1.34. The van der Waals surface area contributed by atoms with Crippen molar-refractivity contribution in [3.8, 4) is 0 Å². The third-order valence-electron chi connectivity index (χ3n) is 2.31. The van der Waals surface area contributed by atoms with Gasteiger partial charge in [0.25, 0.3) is 0 Å². The quantitative estimate of drug-likeness (QED) is 0.634. The summed E-state index contributed by atoms with van der Waals surface area (Å²) < 4.78 is 1.68. The highest BCUT2D eigenvalue weighted by Gasteiger charge is 2.15. The molecule has 4 heteroatoms. The van der Waals surface area contributed by atoms with Gasteiger partial charge in [0.05, 0.1) is 0 Å². The lowest BCUT2D eigenvalue weighted by molar-refractivity contribution is 0.588. The topological polar surface area (TPSA) is 43.6 Å². The molecule has 2 aromatic rings. The zero-order valence-electron chi connectivity index (χ0n) is 8.94. The Balaban J connectivity index is 2.63. The van der Waals surface area contributed by atoms with Crippen LogP contribution >= 0.6 is 0 Å². The summed E-state index contributed by atoms with van der Waals surface area (Å²) in [6.45, 7) is 6.48. The maximum Gasteiger partial charge on any atom is 0.178 e. The number of pyridine rings is 1. The van der Waals surface area contributed by atoms with Gasteiger partial charge in [0.1, 0.15) is 5.52 Å². The standard InChI is InChI=1S/C10H14N4/c1-10(2,3)7-5-8-9(11-6-7)14(4)13-12-8/h5-6H,1-4H3. The molecule has 2 aromatic heterocycles. The molecule has 0 saturated heterocycles. The van der Waals surface area contributed by atoms with Crippen molar-refractivity contribution in [2.24, 2.45) is 7.05 Å². The first kappa shape index (κ1) is 9.12. The first-order valence-electron chi connectivity index (χ1n) is 4.64. The highest BCUT2D eigenvalue weighted by atomic mass is 15.4. The smallest absolute Gasteiger partial charge is 0.178 e. The summed E-state index contributed by atoms with van der Waals surface area (Å²) >= 11 is 0. The van der Waals surface area contributed by atoms with E-state index in [1.54, 1.807) is 4.68 Å². The monoisotopic (exact) mass is 190 g/mol. The summed E-state index contributed by atoms with van der Waals surface area (Å²) in [6, 6.07) is 2.05.